The van der Waals surface area contributed by atoms with Crippen LogP contribution in [0.25, 0.3) is 10.9 Å². The van der Waals surface area contributed by atoms with Crippen molar-refractivity contribution in [2.45, 2.75) is 12.6 Å². The lowest BCUT2D eigenvalue weighted by Gasteiger charge is -2.26. The highest BCUT2D eigenvalue weighted by Crippen LogP contribution is 2.31. The largest absolute Gasteiger partial charge is 0.386 e. The number of hydrogen-bond acceptors (Lipinski definition) is 2. The third kappa shape index (κ3) is 1.28. The molecule has 0 unspecified atom stereocenters. The molecule has 2 aromatic rings. The smallest absolute Gasteiger partial charge is 0.107 e. The van der Waals surface area contributed by atoms with Crippen LogP contribution in [0.5, 0.6) is 0 Å². The fourth-order valence-corrected chi connectivity index (χ4v) is 2.40. The van der Waals surface area contributed by atoms with Crippen LogP contribution in [0.3, 0.4) is 0 Å². The van der Waals surface area contributed by atoms with Crippen LogP contribution in [-0.2, 0) is 6.54 Å². The van der Waals surface area contributed by atoms with E-state index in [1.165, 1.54) is 10.9 Å². The third-order valence-corrected chi connectivity index (χ3v) is 3.09. The number of para-hydroxylation sites is 1. The molecule has 0 amide bonds. The Bertz CT molecular complexity index is 503. The number of fused-ring (bicyclic) bond motifs is 3. The van der Waals surface area contributed by atoms with Gasteiger partial charge in [0.2, 0.25) is 0 Å². The van der Waals surface area contributed by atoms with Gasteiger partial charge in [-0.2, -0.15) is 0 Å². The number of rotatable bonds is 0. The average Bonchev–Trinajstić information content (AvgIpc) is 2.57. The second-order valence-corrected chi connectivity index (χ2v) is 4.28. The minimum absolute atomic E-state index is 0.383. The Morgan fingerprint density at radius 3 is 3.07 bits per heavy atom. The molecule has 0 fully saturated rings. The minimum Gasteiger partial charge on any atom is -0.386 e. The van der Waals surface area contributed by atoms with Gasteiger partial charge in [0.05, 0.1) is 5.69 Å². The van der Waals surface area contributed by atoms with Crippen molar-refractivity contribution in [3.05, 3.63) is 35.5 Å². The van der Waals surface area contributed by atoms with Crippen molar-refractivity contribution in [1.29, 1.82) is 0 Å². The molecule has 15 heavy (non-hydrogen) atoms. The number of H-pyrrole nitrogens is 1. The number of aliphatic hydroxyl groups excluding tert-OH is 1. The standard InChI is InChI=1S/C12H14N2O/c1-14-6-9-8-4-2-3-5-10(8)13-12(9)11(15)7-14/h2-5,11,13,15H,6-7H2,1H3/t11-/m1/s1. The molecule has 0 bridgehead atoms. The van der Waals surface area contributed by atoms with E-state index >= 15 is 0 Å². The lowest BCUT2D eigenvalue weighted by atomic mass is 10.0. The van der Waals surface area contributed by atoms with Crippen LogP contribution in [0.1, 0.15) is 17.4 Å². The molecular formula is C12H14N2O. The summed E-state index contributed by atoms with van der Waals surface area (Å²) in [6.07, 6.45) is -0.383. The molecule has 2 N–H and O–H groups in total. The maximum Gasteiger partial charge on any atom is 0.107 e. The predicted molar refractivity (Wildman–Crippen MR) is 59.6 cm³/mol. The van der Waals surface area contributed by atoms with Crippen molar-refractivity contribution < 1.29 is 5.11 Å². The predicted octanol–water partition coefficient (Wildman–Crippen LogP) is 1.65. The van der Waals surface area contributed by atoms with Crippen LogP contribution >= 0.6 is 0 Å². The molecule has 3 heteroatoms. The molecule has 0 saturated heterocycles. The summed E-state index contributed by atoms with van der Waals surface area (Å²) in [6.45, 7) is 1.62. The number of aromatic amines is 1. The van der Waals surface area contributed by atoms with Crippen molar-refractivity contribution in [2.75, 3.05) is 13.6 Å². The first-order valence-corrected chi connectivity index (χ1v) is 5.22. The first-order valence-electron chi connectivity index (χ1n) is 5.22. The summed E-state index contributed by atoms with van der Waals surface area (Å²) in [5, 5.41) is 11.2. The van der Waals surface area contributed by atoms with E-state index in [4.69, 9.17) is 0 Å². The van der Waals surface area contributed by atoms with Crippen LogP contribution in [0, 0.1) is 0 Å². The number of nitrogens with one attached hydrogen (secondary N) is 1. The summed E-state index contributed by atoms with van der Waals surface area (Å²) in [5.74, 6) is 0. The van der Waals surface area contributed by atoms with Gasteiger partial charge in [0.25, 0.3) is 0 Å². The van der Waals surface area contributed by atoms with Crippen molar-refractivity contribution in [2.24, 2.45) is 0 Å². The molecule has 1 aliphatic rings. The summed E-state index contributed by atoms with van der Waals surface area (Å²) in [5.41, 5.74) is 3.36. The molecule has 1 aromatic heterocycles. The Morgan fingerprint density at radius 2 is 2.20 bits per heavy atom. The van der Waals surface area contributed by atoms with Crippen LogP contribution in [0.4, 0.5) is 0 Å². The topological polar surface area (TPSA) is 39.3 Å². The van der Waals surface area contributed by atoms with Crippen LogP contribution in [0.2, 0.25) is 0 Å². The molecule has 3 rings (SSSR count). The number of likely N-dealkylation sites (N-methyl/N-ethyl adjacent to an activating group) is 1. The summed E-state index contributed by atoms with van der Waals surface area (Å²) >= 11 is 0. The fourth-order valence-electron chi connectivity index (χ4n) is 2.40. The molecule has 3 nitrogen and oxygen atoms in total. The summed E-state index contributed by atoms with van der Waals surface area (Å²) < 4.78 is 0. The van der Waals surface area contributed by atoms with Gasteiger partial charge in [0, 0.05) is 24.0 Å². The summed E-state index contributed by atoms with van der Waals surface area (Å²) in [4.78, 5) is 5.46. The van der Waals surface area contributed by atoms with Gasteiger partial charge in [-0.05, 0) is 18.7 Å². The van der Waals surface area contributed by atoms with E-state index in [-0.39, 0.29) is 6.10 Å². The SMILES string of the molecule is CN1Cc2c([nH]c3ccccc23)[C@H](O)C1. The number of hydrogen-bond donors (Lipinski definition) is 2. The average molecular weight is 202 g/mol. The normalized spacial score (nSPS) is 21.9. The van der Waals surface area contributed by atoms with Crippen LogP contribution < -0.4 is 0 Å². The molecule has 1 atom stereocenters. The van der Waals surface area contributed by atoms with Gasteiger partial charge >= 0.3 is 0 Å². The Hall–Kier alpha value is -1.32. The molecule has 78 valence electrons. The molecule has 0 radical (unpaired) electrons. The molecule has 0 spiro atoms. The molecule has 0 saturated carbocycles. The Labute approximate surface area is 88.3 Å². The Kier molecular flexibility index (Phi) is 1.84. The first-order chi connectivity index (χ1) is 7.25. The molecular weight excluding hydrogens is 188 g/mol. The van der Waals surface area contributed by atoms with E-state index < -0.39 is 0 Å². The third-order valence-electron chi connectivity index (χ3n) is 3.09. The zero-order chi connectivity index (χ0) is 10.4. The van der Waals surface area contributed by atoms with E-state index in [1.54, 1.807) is 0 Å². The van der Waals surface area contributed by atoms with Gasteiger partial charge in [-0.1, -0.05) is 18.2 Å². The maximum atomic E-state index is 9.96. The first kappa shape index (κ1) is 8.95. The highest BCUT2D eigenvalue weighted by molar-refractivity contribution is 5.84. The van der Waals surface area contributed by atoms with Crippen molar-refractivity contribution in [3.8, 4) is 0 Å². The van der Waals surface area contributed by atoms with E-state index in [0.717, 1.165) is 17.8 Å². The highest BCUT2D eigenvalue weighted by atomic mass is 16.3. The van der Waals surface area contributed by atoms with Gasteiger partial charge in [0.15, 0.2) is 0 Å². The van der Waals surface area contributed by atoms with E-state index in [2.05, 4.69) is 22.0 Å². The van der Waals surface area contributed by atoms with E-state index in [1.807, 2.05) is 19.2 Å². The number of aliphatic hydroxyl groups is 1. The zero-order valence-corrected chi connectivity index (χ0v) is 8.70. The maximum absolute atomic E-state index is 9.96. The molecule has 1 aromatic carbocycles. The number of benzene rings is 1. The van der Waals surface area contributed by atoms with Crippen LogP contribution in [0.15, 0.2) is 24.3 Å². The van der Waals surface area contributed by atoms with Gasteiger partial charge < -0.3 is 10.1 Å². The van der Waals surface area contributed by atoms with Crippen molar-refractivity contribution in [1.82, 2.24) is 9.88 Å². The second kappa shape index (κ2) is 3.08. The van der Waals surface area contributed by atoms with Crippen LogP contribution in [-0.4, -0.2) is 28.6 Å². The van der Waals surface area contributed by atoms with Gasteiger partial charge in [-0.15, -0.1) is 0 Å². The van der Waals surface area contributed by atoms with Gasteiger partial charge in [-0.3, -0.25) is 4.90 Å². The number of aromatic nitrogens is 1. The number of β-amino-alcohol motifs (C(OH)–C–C–N with tert-alkyl or cyclic N) is 1. The minimum atomic E-state index is -0.383. The van der Waals surface area contributed by atoms with E-state index in [0.29, 0.717) is 6.54 Å². The summed E-state index contributed by atoms with van der Waals surface area (Å²) in [7, 11) is 2.04. The summed E-state index contributed by atoms with van der Waals surface area (Å²) in [6, 6.07) is 8.22. The van der Waals surface area contributed by atoms with Crippen molar-refractivity contribution in [3.63, 3.8) is 0 Å². The Balaban J connectivity index is 2.27. The lowest BCUT2D eigenvalue weighted by Crippen LogP contribution is -2.29. The van der Waals surface area contributed by atoms with Crippen molar-refractivity contribution >= 4 is 10.9 Å². The lowest BCUT2D eigenvalue weighted by molar-refractivity contribution is 0.105. The van der Waals surface area contributed by atoms with Gasteiger partial charge in [-0.25, -0.2) is 0 Å². The van der Waals surface area contributed by atoms with Gasteiger partial charge in [0.1, 0.15) is 6.10 Å². The molecule has 2 heterocycles. The van der Waals surface area contributed by atoms with E-state index in [9.17, 15) is 5.11 Å². The monoisotopic (exact) mass is 202 g/mol. The molecule has 1 aliphatic heterocycles. The molecule has 0 aliphatic carbocycles. The Morgan fingerprint density at radius 1 is 1.40 bits per heavy atom. The number of nitrogens with zero attached hydrogens (tertiary/aromatic N) is 1. The second-order valence-electron chi connectivity index (χ2n) is 4.28. The quantitative estimate of drug-likeness (QED) is 0.681. The zero-order valence-electron chi connectivity index (χ0n) is 8.70. The highest BCUT2D eigenvalue weighted by Gasteiger charge is 2.24. The fraction of sp³-hybridized carbons (Fsp3) is 0.333.